The molecular weight excluding hydrogens is 312 g/mol. The minimum atomic E-state index is -0.0838. The quantitative estimate of drug-likeness (QED) is 0.926. The van der Waals surface area contributed by atoms with Gasteiger partial charge < -0.3 is 10.1 Å². The van der Waals surface area contributed by atoms with Crippen molar-refractivity contribution in [2.45, 2.75) is 19.4 Å². The number of carbonyl (C=O) groups is 1. The topological polar surface area (TPSA) is 68.5 Å². The molecule has 0 radical (unpaired) electrons. The lowest BCUT2D eigenvalue weighted by Crippen LogP contribution is -2.26. The summed E-state index contributed by atoms with van der Waals surface area (Å²) in [5.41, 5.74) is 0.812. The molecule has 0 spiro atoms. The van der Waals surface area contributed by atoms with Crippen molar-refractivity contribution in [2.75, 3.05) is 6.54 Å². The number of amides is 1. The summed E-state index contributed by atoms with van der Waals surface area (Å²) in [4.78, 5) is 15.6. The molecule has 19 heavy (non-hydrogen) atoms. The Morgan fingerprint density at radius 3 is 3.21 bits per heavy atom. The summed E-state index contributed by atoms with van der Waals surface area (Å²) in [6, 6.07) is 1.85. The second kappa shape index (κ2) is 4.80. The highest BCUT2D eigenvalue weighted by Gasteiger charge is 2.28. The van der Waals surface area contributed by atoms with Crippen molar-refractivity contribution < 1.29 is 9.53 Å². The Morgan fingerprint density at radius 1 is 1.63 bits per heavy atom. The van der Waals surface area contributed by atoms with Crippen LogP contribution in [0.4, 0.5) is 0 Å². The average molecular weight is 325 g/mol. The van der Waals surface area contributed by atoms with Gasteiger partial charge in [0.05, 0.1) is 12.4 Å². The SMILES string of the molecule is C[C@@H](Oc1nc(Br)cn2nccc12)C1CNC(=O)C1. The molecule has 1 aliphatic heterocycles. The molecule has 1 amide bonds. The summed E-state index contributed by atoms with van der Waals surface area (Å²) in [7, 11) is 0. The number of rotatable bonds is 3. The second-order valence-electron chi connectivity index (χ2n) is 4.62. The first-order valence-corrected chi connectivity index (χ1v) is 6.86. The number of aromatic nitrogens is 3. The predicted octanol–water partition coefficient (Wildman–Crippen LogP) is 1.40. The minimum absolute atomic E-state index is 0.0807. The minimum Gasteiger partial charge on any atom is -0.473 e. The summed E-state index contributed by atoms with van der Waals surface area (Å²) in [6.45, 7) is 2.62. The van der Waals surface area contributed by atoms with Crippen LogP contribution in [0.5, 0.6) is 5.88 Å². The zero-order valence-electron chi connectivity index (χ0n) is 10.3. The van der Waals surface area contributed by atoms with E-state index < -0.39 is 0 Å². The van der Waals surface area contributed by atoms with Gasteiger partial charge in [0.1, 0.15) is 16.2 Å². The zero-order chi connectivity index (χ0) is 13.4. The molecule has 3 rings (SSSR count). The van der Waals surface area contributed by atoms with Crippen LogP contribution in [0.15, 0.2) is 23.1 Å². The zero-order valence-corrected chi connectivity index (χ0v) is 11.9. The molecule has 1 fully saturated rings. The van der Waals surface area contributed by atoms with Crippen LogP contribution < -0.4 is 10.1 Å². The molecule has 1 N–H and O–H groups in total. The lowest BCUT2D eigenvalue weighted by molar-refractivity contribution is -0.119. The maximum atomic E-state index is 11.2. The fourth-order valence-corrected chi connectivity index (χ4v) is 2.54. The van der Waals surface area contributed by atoms with Gasteiger partial charge in [-0.2, -0.15) is 5.10 Å². The standard InChI is InChI=1S/C12H13BrN4O2/c1-7(8-4-11(18)14-5-8)19-12-9-2-3-15-17(9)6-10(13)16-12/h2-3,6-8H,4-5H2,1H3,(H,14,18)/t7-,8?/m1/s1. The van der Waals surface area contributed by atoms with E-state index in [0.29, 0.717) is 23.4 Å². The van der Waals surface area contributed by atoms with Gasteiger partial charge >= 0.3 is 0 Å². The van der Waals surface area contributed by atoms with Crippen molar-refractivity contribution in [3.05, 3.63) is 23.1 Å². The molecule has 2 aromatic rings. The molecule has 0 aliphatic carbocycles. The van der Waals surface area contributed by atoms with Crippen LogP contribution in [0.2, 0.25) is 0 Å². The number of ether oxygens (including phenoxy) is 1. The van der Waals surface area contributed by atoms with Crippen LogP contribution in [-0.2, 0) is 4.79 Å². The Labute approximate surface area is 118 Å². The number of hydrogen-bond donors (Lipinski definition) is 1. The molecule has 2 atom stereocenters. The highest BCUT2D eigenvalue weighted by Crippen LogP contribution is 2.24. The van der Waals surface area contributed by atoms with E-state index in [0.717, 1.165) is 5.52 Å². The van der Waals surface area contributed by atoms with Gasteiger partial charge in [0.25, 0.3) is 0 Å². The third-order valence-electron chi connectivity index (χ3n) is 3.30. The summed E-state index contributed by atoms with van der Waals surface area (Å²) >= 11 is 3.33. The first kappa shape index (κ1) is 12.4. The molecule has 6 nitrogen and oxygen atoms in total. The molecule has 0 saturated carbocycles. The molecule has 0 aromatic carbocycles. The van der Waals surface area contributed by atoms with Crippen molar-refractivity contribution in [3.63, 3.8) is 0 Å². The Kier molecular flexibility index (Phi) is 3.14. The number of halogens is 1. The number of nitrogens with one attached hydrogen (secondary N) is 1. The van der Waals surface area contributed by atoms with Crippen LogP contribution in [-0.4, -0.2) is 33.2 Å². The van der Waals surface area contributed by atoms with Gasteiger partial charge in [-0.25, -0.2) is 9.50 Å². The summed E-state index contributed by atoms with van der Waals surface area (Å²) < 4.78 is 8.27. The van der Waals surface area contributed by atoms with Crippen LogP contribution in [0.3, 0.4) is 0 Å². The largest absolute Gasteiger partial charge is 0.473 e. The van der Waals surface area contributed by atoms with Crippen LogP contribution in [0.1, 0.15) is 13.3 Å². The monoisotopic (exact) mass is 324 g/mol. The molecular formula is C12H13BrN4O2. The molecule has 2 aromatic heterocycles. The molecule has 7 heteroatoms. The average Bonchev–Trinajstić information content (AvgIpc) is 2.97. The van der Waals surface area contributed by atoms with Gasteiger partial charge in [0, 0.05) is 18.9 Å². The highest BCUT2D eigenvalue weighted by molar-refractivity contribution is 9.10. The van der Waals surface area contributed by atoms with Crippen LogP contribution in [0, 0.1) is 5.92 Å². The smallest absolute Gasteiger partial charge is 0.241 e. The van der Waals surface area contributed by atoms with E-state index in [4.69, 9.17) is 4.74 Å². The van der Waals surface area contributed by atoms with Crippen molar-refractivity contribution in [1.29, 1.82) is 0 Å². The van der Waals surface area contributed by atoms with E-state index in [2.05, 4.69) is 31.3 Å². The lowest BCUT2D eigenvalue weighted by atomic mass is 10.0. The predicted molar refractivity (Wildman–Crippen MR) is 71.9 cm³/mol. The molecule has 1 aliphatic rings. The number of fused-ring (bicyclic) bond motifs is 1. The lowest BCUT2D eigenvalue weighted by Gasteiger charge is -2.19. The third-order valence-corrected chi connectivity index (χ3v) is 3.68. The molecule has 0 bridgehead atoms. The first-order valence-electron chi connectivity index (χ1n) is 6.07. The van der Waals surface area contributed by atoms with Gasteiger partial charge in [-0.15, -0.1) is 0 Å². The van der Waals surface area contributed by atoms with Gasteiger partial charge in [0.2, 0.25) is 11.8 Å². The molecule has 1 saturated heterocycles. The third kappa shape index (κ3) is 2.42. The van der Waals surface area contributed by atoms with Gasteiger partial charge in [-0.1, -0.05) is 0 Å². The Balaban J connectivity index is 1.84. The van der Waals surface area contributed by atoms with E-state index in [1.165, 1.54) is 0 Å². The number of hydrogen-bond acceptors (Lipinski definition) is 4. The Bertz CT molecular complexity index is 627. The Hall–Kier alpha value is -1.63. The van der Waals surface area contributed by atoms with Gasteiger partial charge in [-0.3, -0.25) is 4.79 Å². The van der Waals surface area contributed by atoms with Crippen LogP contribution in [0.25, 0.3) is 5.52 Å². The van der Waals surface area contributed by atoms with Crippen molar-refractivity contribution in [3.8, 4) is 5.88 Å². The van der Waals surface area contributed by atoms with E-state index in [-0.39, 0.29) is 17.9 Å². The fourth-order valence-electron chi connectivity index (χ4n) is 2.19. The highest BCUT2D eigenvalue weighted by atomic mass is 79.9. The van der Waals surface area contributed by atoms with Crippen molar-refractivity contribution in [2.24, 2.45) is 5.92 Å². The fraction of sp³-hybridized carbons (Fsp3) is 0.417. The van der Waals surface area contributed by atoms with Gasteiger partial charge in [-0.05, 0) is 28.9 Å². The first-order chi connectivity index (χ1) is 9.13. The van der Waals surface area contributed by atoms with E-state index in [9.17, 15) is 4.79 Å². The summed E-state index contributed by atoms with van der Waals surface area (Å²) in [5.74, 6) is 0.784. The van der Waals surface area contributed by atoms with E-state index in [1.54, 1.807) is 16.9 Å². The van der Waals surface area contributed by atoms with Crippen LogP contribution >= 0.6 is 15.9 Å². The molecule has 100 valence electrons. The van der Waals surface area contributed by atoms with E-state index in [1.807, 2.05) is 13.0 Å². The normalized spacial score (nSPS) is 20.5. The Morgan fingerprint density at radius 2 is 2.47 bits per heavy atom. The maximum Gasteiger partial charge on any atom is 0.241 e. The van der Waals surface area contributed by atoms with Crippen molar-refractivity contribution >= 4 is 27.4 Å². The number of nitrogens with zero attached hydrogens (tertiary/aromatic N) is 3. The maximum absolute atomic E-state index is 11.2. The summed E-state index contributed by atoms with van der Waals surface area (Å²) in [6.07, 6.45) is 3.89. The molecule has 1 unspecified atom stereocenters. The molecule has 3 heterocycles. The summed E-state index contributed by atoms with van der Waals surface area (Å²) in [5, 5.41) is 6.97. The van der Waals surface area contributed by atoms with Crippen molar-refractivity contribution in [1.82, 2.24) is 19.9 Å². The number of carbonyl (C=O) groups excluding carboxylic acids is 1. The van der Waals surface area contributed by atoms with Gasteiger partial charge in [0.15, 0.2) is 0 Å². The second-order valence-corrected chi connectivity index (χ2v) is 5.43. The van der Waals surface area contributed by atoms with E-state index >= 15 is 0 Å².